The van der Waals surface area contributed by atoms with Gasteiger partial charge in [-0.25, -0.2) is 4.79 Å². The molecule has 0 saturated heterocycles. The van der Waals surface area contributed by atoms with Crippen molar-refractivity contribution in [3.63, 3.8) is 0 Å². The van der Waals surface area contributed by atoms with Crippen LogP contribution < -0.4 is 0 Å². The molecule has 8 heteroatoms. The van der Waals surface area contributed by atoms with Crippen molar-refractivity contribution in [1.29, 1.82) is 0 Å². The van der Waals surface area contributed by atoms with Gasteiger partial charge in [0.25, 0.3) is 0 Å². The molecule has 0 fully saturated rings. The first-order chi connectivity index (χ1) is 8.24. The van der Waals surface area contributed by atoms with Gasteiger partial charge in [-0.15, -0.1) is 4.31 Å². The Kier molecular flexibility index (Phi) is 7.37. The molecule has 1 atom stereocenters. The van der Waals surface area contributed by atoms with E-state index in [-0.39, 0.29) is 12.8 Å². The molecule has 1 unspecified atom stereocenters. The maximum Gasteiger partial charge on any atom is 0.389 e. The smallest absolute Gasteiger partial charge is 0.385 e. The summed E-state index contributed by atoms with van der Waals surface area (Å²) in [6.07, 6.45) is 0.637. The summed E-state index contributed by atoms with van der Waals surface area (Å²) in [6, 6.07) is -0.425. The zero-order valence-electron chi connectivity index (χ0n) is 11.1. The summed E-state index contributed by atoms with van der Waals surface area (Å²) in [5.41, 5.74) is 0. The fourth-order valence-electron chi connectivity index (χ4n) is 0.982. The second-order valence-corrected chi connectivity index (χ2v) is 5.56. The lowest BCUT2D eigenvalue weighted by molar-refractivity contribution is -0.137. The highest BCUT2D eigenvalue weighted by Crippen LogP contribution is 2.11. The highest BCUT2D eigenvalue weighted by Gasteiger charge is 2.29. The largest absolute Gasteiger partial charge is 0.389 e. The Labute approximate surface area is 108 Å². The maximum atomic E-state index is 11.7. The summed E-state index contributed by atoms with van der Waals surface area (Å²) in [5, 5.41) is 8.49. The molecule has 0 spiro atoms. The van der Waals surface area contributed by atoms with Crippen LogP contribution in [0.5, 0.6) is 0 Å². The molecule has 0 saturated carbocycles. The zero-order chi connectivity index (χ0) is 14.3. The minimum Gasteiger partial charge on any atom is -0.385 e. The maximum absolute atomic E-state index is 11.7. The van der Waals surface area contributed by atoms with Crippen LogP contribution in [0.3, 0.4) is 0 Å². The summed E-state index contributed by atoms with van der Waals surface area (Å²) in [7, 11) is -4.24. The van der Waals surface area contributed by atoms with E-state index in [1.807, 2.05) is 13.8 Å². The molecule has 0 aliphatic carbocycles. The fourth-order valence-corrected chi connectivity index (χ4v) is 2.07. The summed E-state index contributed by atoms with van der Waals surface area (Å²) in [5.74, 6) is -1.22. The van der Waals surface area contributed by atoms with Gasteiger partial charge in [-0.3, -0.25) is 0 Å². The Morgan fingerprint density at radius 2 is 1.89 bits per heavy atom. The predicted octanol–water partition coefficient (Wildman–Crippen LogP) is 0.250. The number of carbonyl (C=O) groups excluding carboxylic acids is 1. The van der Waals surface area contributed by atoms with Gasteiger partial charge in [0, 0.05) is 6.04 Å². The molecule has 0 aromatic rings. The number of hydrogen-bond acceptors (Lipinski definition) is 6. The van der Waals surface area contributed by atoms with Gasteiger partial charge in [-0.2, -0.15) is 8.42 Å². The van der Waals surface area contributed by atoms with Gasteiger partial charge in [-0.1, -0.05) is 6.92 Å². The van der Waals surface area contributed by atoms with Crippen LogP contribution in [0.1, 0.15) is 34.1 Å². The molecule has 0 heterocycles. The number of rotatable bonds is 8. The Balaban J connectivity index is 4.72. The van der Waals surface area contributed by atoms with E-state index in [2.05, 4.69) is 4.18 Å². The lowest BCUT2D eigenvalue weighted by atomic mass is 10.3. The molecule has 108 valence electrons. The minimum atomic E-state index is -4.24. The van der Waals surface area contributed by atoms with E-state index in [1.165, 1.54) is 0 Å². The summed E-state index contributed by atoms with van der Waals surface area (Å²) >= 11 is 0. The van der Waals surface area contributed by atoms with Crippen molar-refractivity contribution in [2.45, 2.75) is 46.3 Å². The number of aliphatic hydroxyl groups excluding tert-OH is 1. The van der Waals surface area contributed by atoms with Crippen LogP contribution in [-0.4, -0.2) is 49.3 Å². The third-order valence-electron chi connectivity index (χ3n) is 2.25. The molecule has 0 amide bonds. The van der Waals surface area contributed by atoms with Crippen LogP contribution in [0, 0.1) is 0 Å². The number of carbonyl (C=O) groups is 1. The van der Waals surface area contributed by atoms with Crippen LogP contribution in [0.25, 0.3) is 0 Å². The van der Waals surface area contributed by atoms with Crippen LogP contribution in [0.15, 0.2) is 0 Å². The topological polar surface area (TPSA) is 93.1 Å². The summed E-state index contributed by atoms with van der Waals surface area (Å²) in [4.78, 5) is 10.8. The van der Waals surface area contributed by atoms with Crippen LogP contribution in [-0.2, 0) is 24.0 Å². The van der Waals surface area contributed by atoms with Gasteiger partial charge in [0.1, 0.15) is 13.3 Å². The number of nitrogens with zero attached hydrogens (tertiary/aromatic N) is 1. The highest BCUT2D eigenvalue weighted by molar-refractivity contribution is 7.84. The molecular formula is C10H21NO6S. The van der Waals surface area contributed by atoms with Crippen molar-refractivity contribution in [3.8, 4) is 0 Å². The van der Waals surface area contributed by atoms with Gasteiger partial charge >= 0.3 is 16.3 Å². The SMILES string of the molecule is CCC(C)OCN(C(C)C)S(=O)(=O)OC(=O)CO. The molecule has 0 aromatic heterocycles. The van der Waals surface area contributed by atoms with Gasteiger partial charge in [0.2, 0.25) is 0 Å². The predicted molar refractivity (Wildman–Crippen MR) is 64.8 cm³/mol. The number of aliphatic hydroxyl groups is 1. The van der Waals surface area contributed by atoms with Crippen molar-refractivity contribution in [2.24, 2.45) is 0 Å². The first kappa shape index (κ1) is 17.3. The van der Waals surface area contributed by atoms with Crippen molar-refractivity contribution < 1.29 is 27.2 Å². The highest BCUT2D eigenvalue weighted by atomic mass is 32.2. The molecule has 18 heavy (non-hydrogen) atoms. The Hall–Kier alpha value is -0.700. The van der Waals surface area contributed by atoms with Gasteiger partial charge in [-0.05, 0) is 27.2 Å². The summed E-state index contributed by atoms with van der Waals surface area (Å²) < 4.78 is 33.9. The minimum absolute atomic E-state index is 0.102. The lowest BCUT2D eigenvalue weighted by Gasteiger charge is -2.25. The van der Waals surface area contributed by atoms with Gasteiger partial charge in [0.05, 0.1) is 6.10 Å². The third kappa shape index (κ3) is 5.76. The normalized spacial score (nSPS) is 13.9. The monoisotopic (exact) mass is 283 g/mol. The van der Waals surface area contributed by atoms with Crippen LogP contribution >= 0.6 is 0 Å². The quantitative estimate of drug-likeness (QED) is 0.642. The Morgan fingerprint density at radius 3 is 2.28 bits per heavy atom. The van der Waals surface area contributed by atoms with Crippen molar-refractivity contribution in [2.75, 3.05) is 13.3 Å². The standard InChI is InChI=1S/C10H21NO6S/c1-5-9(4)16-7-11(8(2)3)18(14,15)17-10(13)6-12/h8-9,12H,5-7H2,1-4H3. The van der Waals surface area contributed by atoms with Crippen molar-refractivity contribution >= 4 is 16.3 Å². The van der Waals surface area contributed by atoms with Crippen LogP contribution in [0.4, 0.5) is 0 Å². The van der Waals surface area contributed by atoms with E-state index in [0.717, 1.165) is 10.7 Å². The summed E-state index contributed by atoms with van der Waals surface area (Å²) in [6.45, 7) is 5.79. The average molecular weight is 283 g/mol. The second-order valence-electron chi connectivity index (χ2n) is 4.07. The van der Waals surface area contributed by atoms with E-state index in [0.29, 0.717) is 0 Å². The van der Waals surface area contributed by atoms with E-state index < -0.39 is 28.9 Å². The fraction of sp³-hybridized carbons (Fsp3) is 0.900. The molecule has 7 nitrogen and oxygen atoms in total. The third-order valence-corrected chi connectivity index (χ3v) is 3.75. The molecule has 0 aromatic carbocycles. The molecule has 0 rings (SSSR count). The first-order valence-electron chi connectivity index (χ1n) is 5.71. The zero-order valence-corrected chi connectivity index (χ0v) is 11.9. The second kappa shape index (κ2) is 7.67. The average Bonchev–Trinajstić information content (AvgIpc) is 2.27. The number of ether oxygens (including phenoxy) is 1. The Morgan fingerprint density at radius 1 is 1.33 bits per heavy atom. The van der Waals surface area contributed by atoms with E-state index in [4.69, 9.17) is 9.84 Å². The van der Waals surface area contributed by atoms with E-state index >= 15 is 0 Å². The first-order valence-corrected chi connectivity index (χ1v) is 7.07. The van der Waals surface area contributed by atoms with Crippen molar-refractivity contribution in [1.82, 2.24) is 4.31 Å². The molecule has 0 radical (unpaired) electrons. The molecular weight excluding hydrogens is 262 g/mol. The lowest BCUT2D eigenvalue weighted by Crippen LogP contribution is -2.41. The van der Waals surface area contributed by atoms with Crippen LogP contribution in [0.2, 0.25) is 0 Å². The molecule has 0 aliphatic heterocycles. The van der Waals surface area contributed by atoms with Gasteiger partial charge < -0.3 is 14.0 Å². The Bertz CT molecular complexity index is 353. The molecule has 0 bridgehead atoms. The van der Waals surface area contributed by atoms with E-state index in [1.54, 1.807) is 13.8 Å². The van der Waals surface area contributed by atoms with E-state index in [9.17, 15) is 13.2 Å². The molecule has 1 N–H and O–H groups in total. The van der Waals surface area contributed by atoms with Crippen molar-refractivity contribution in [3.05, 3.63) is 0 Å². The molecule has 0 aliphatic rings. The number of hydrogen-bond donors (Lipinski definition) is 1. The van der Waals surface area contributed by atoms with Gasteiger partial charge in [0.15, 0.2) is 0 Å².